The van der Waals surface area contributed by atoms with Crippen LogP contribution in [0.25, 0.3) is 0 Å². The van der Waals surface area contributed by atoms with E-state index in [0.717, 1.165) is 41.8 Å². The number of nitrogens with zero attached hydrogens (tertiary/aromatic N) is 2. The molecule has 0 saturated heterocycles. The van der Waals surface area contributed by atoms with Crippen molar-refractivity contribution in [2.75, 3.05) is 17.1 Å². The number of amides is 2. The van der Waals surface area contributed by atoms with Crippen molar-refractivity contribution >= 4 is 27.5 Å². The minimum absolute atomic E-state index is 0.0455. The van der Waals surface area contributed by atoms with E-state index in [1.165, 1.54) is 17.0 Å². The predicted molar refractivity (Wildman–Crippen MR) is 130 cm³/mol. The lowest BCUT2D eigenvalue weighted by molar-refractivity contribution is -0.139. The number of sulfonamides is 1. The first kappa shape index (κ1) is 25.7. The van der Waals surface area contributed by atoms with Crippen molar-refractivity contribution in [2.24, 2.45) is 0 Å². The molecule has 0 heterocycles. The number of rotatable bonds is 9. The normalized spacial score (nSPS) is 15.1. The largest absolute Gasteiger partial charge is 0.352 e. The van der Waals surface area contributed by atoms with Gasteiger partial charge in [0, 0.05) is 12.6 Å². The Morgan fingerprint density at radius 1 is 1.06 bits per heavy atom. The lowest BCUT2D eigenvalue weighted by atomic mass is 10.1. The minimum Gasteiger partial charge on any atom is -0.352 e. The summed E-state index contributed by atoms with van der Waals surface area (Å²) in [7, 11) is -3.77. The topological polar surface area (TPSA) is 86.8 Å². The number of hydrogen-bond donors (Lipinski definition) is 1. The standard InChI is InChI=1S/C25H32FN3O4S/c1-18-8-14-23(15-9-18)29(34(3,32)33)17-24(30)28(16-20-10-12-21(26)13-11-20)19(2)25(31)27-22-6-4-5-7-22/h8-15,19,22H,4-7,16-17H2,1-3H3,(H,27,31). The summed E-state index contributed by atoms with van der Waals surface area (Å²) in [6.45, 7) is 3.10. The average molecular weight is 490 g/mol. The molecule has 2 amide bonds. The lowest BCUT2D eigenvalue weighted by Crippen LogP contribution is -2.52. The number of hydrogen-bond acceptors (Lipinski definition) is 4. The molecule has 1 aliphatic carbocycles. The maximum atomic E-state index is 13.5. The Morgan fingerprint density at radius 3 is 2.21 bits per heavy atom. The smallest absolute Gasteiger partial charge is 0.244 e. The van der Waals surface area contributed by atoms with Crippen LogP contribution in [0, 0.1) is 12.7 Å². The fourth-order valence-corrected chi connectivity index (χ4v) is 4.94. The monoisotopic (exact) mass is 489 g/mol. The molecule has 1 atom stereocenters. The van der Waals surface area contributed by atoms with Crippen molar-refractivity contribution in [1.82, 2.24) is 10.2 Å². The molecule has 1 aliphatic rings. The zero-order chi connectivity index (χ0) is 24.9. The first-order valence-corrected chi connectivity index (χ1v) is 13.3. The second-order valence-corrected chi connectivity index (χ2v) is 10.8. The highest BCUT2D eigenvalue weighted by molar-refractivity contribution is 7.92. The van der Waals surface area contributed by atoms with E-state index in [2.05, 4.69) is 5.32 Å². The van der Waals surface area contributed by atoms with Crippen LogP contribution in [0.2, 0.25) is 0 Å². The van der Waals surface area contributed by atoms with Crippen molar-refractivity contribution in [3.05, 3.63) is 65.5 Å². The molecule has 184 valence electrons. The van der Waals surface area contributed by atoms with Gasteiger partial charge in [-0.25, -0.2) is 12.8 Å². The molecule has 34 heavy (non-hydrogen) atoms. The van der Waals surface area contributed by atoms with Gasteiger partial charge in [-0.3, -0.25) is 13.9 Å². The van der Waals surface area contributed by atoms with Crippen molar-refractivity contribution < 1.29 is 22.4 Å². The highest BCUT2D eigenvalue weighted by Crippen LogP contribution is 2.21. The van der Waals surface area contributed by atoms with E-state index < -0.39 is 34.3 Å². The summed E-state index contributed by atoms with van der Waals surface area (Å²) in [5, 5.41) is 3.01. The first-order chi connectivity index (χ1) is 16.0. The van der Waals surface area contributed by atoms with Gasteiger partial charge in [0.05, 0.1) is 11.9 Å². The Bertz CT molecular complexity index is 1100. The van der Waals surface area contributed by atoms with E-state index in [4.69, 9.17) is 0 Å². The van der Waals surface area contributed by atoms with Crippen LogP contribution in [0.15, 0.2) is 48.5 Å². The number of halogens is 1. The van der Waals surface area contributed by atoms with Gasteiger partial charge in [-0.1, -0.05) is 42.7 Å². The first-order valence-electron chi connectivity index (χ1n) is 11.4. The summed E-state index contributed by atoms with van der Waals surface area (Å²) >= 11 is 0. The summed E-state index contributed by atoms with van der Waals surface area (Å²) in [5.74, 6) is -1.22. The van der Waals surface area contributed by atoms with E-state index >= 15 is 0 Å². The zero-order valence-corrected chi connectivity index (χ0v) is 20.6. The van der Waals surface area contributed by atoms with E-state index in [9.17, 15) is 22.4 Å². The van der Waals surface area contributed by atoms with Crippen LogP contribution in [-0.4, -0.2) is 50.0 Å². The average Bonchev–Trinajstić information content (AvgIpc) is 3.29. The Morgan fingerprint density at radius 2 is 1.65 bits per heavy atom. The maximum Gasteiger partial charge on any atom is 0.244 e. The summed E-state index contributed by atoms with van der Waals surface area (Å²) in [4.78, 5) is 27.8. The number of aryl methyl sites for hydroxylation is 1. The van der Waals surface area contributed by atoms with Crippen LogP contribution in [0.1, 0.15) is 43.7 Å². The Hall–Kier alpha value is -2.94. The highest BCUT2D eigenvalue weighted by atomic mass is 32.2. The lowest BCUT2D eigenvalue weighted by Gasteiger charge is -2.32. The third-order valence-electron chi connectivity index (χ3n) is 6.14. The molecule has 7 nitrogen and oxygen atoms in total. The van der Waals surface area contributed by atoms with Crippen LogP contribution in [0.4, 0.5) is 10.1 Å². The second kappa shape index (κ2) is 11.0. The molecule has 3 rings (SSSR count). The molecule has 1 saturated carbocycles. The molecule has 2 aromatic rings. The van der Waals surface area contributed by atoms with Gasteiger partial charge in [-0.05, 0) is 56.5 Å². The molecule has 0 radical (unpaired) electrons. The maximum absolute atomic E-state index is 13.5. The van der Waals surface area contributed by atoms with Crippen molar-refractivity contribution in [3.63, 3.8) is 0 Å². The predicted octanol–water partition coefficient (Wildman–Crippen LogP) is 3.38. The quantitative estimate of drug-likeness (QED) is 0.585. The van der Waals surface area contributed by atoms with Gasteiger partial charge in [0.15, 0.2) is 0 Å². The number of benzene rings is 2. The molecule has 0 spiro atoms. The third-order valence-corrected chi connectivity index (χ3v) is 7.28. The molecule has 0 bridgehead atoms. The van der Waals surface area contributed by atoms with E-state index in [0.29, 0.717) is 11.3 Å². The molecule has 0 aliphatic heterocycles. The van der Waals surface area contributed by atoms with Gasteiger partial charge >= 0.3 is 0 Å². The second-order valence-electron chi connectivity index (χ2n) is 8.92. The van der Waals surface area contributed by atoms with Crippen molar-refractivity contribution in [2.45, 2.75) is 58.2 Å². The summed E-state index contributed by atoms with van der Waals surface area (Å²) in [6, 6.07) is 11.7. The van der Waals surface area contributed by atoms with E-state index in [1.54, 1.807) is 43.3 Å². The molecular formula is C25H32FN3O4S. The molecule has 9 heteroatoms. The van der Waals surface area contributed by atoms with Gasteiger partial charge in [0.1, 0.15) is 18.4 Å². The summed E-state index contributed by atoms with van der Waals surface area (Å²) < 4.78 is 39.5. The number of nitrogens with one attached hydrogen (secondary N) is 1. The van der Waals surface area contributed by atoms with Crippen molar-refractivity contribution in [1.29, 1.82) is 0 Å². The van der Waals surface area contributed by atoms with Gasteiger partial charge < -0.3 is 10.2 Å². The van der Waals surface area contributed by atoms with E-state index in [1.807, 2.05) is 6.92 Å². The molecule has 1 N–H and O–H groups in total. The van der Waals surface area contributed by atoms with Crippen LogP contribution in [0.5, 0.6) is 0 Å². The molecule has 1 fully saturated rings. The van der Waals surface area contributed by atoms with Crippen LogP contribution in [-0.2, 0) is 26.2 Å². The number of anilines is 1. The van der Waals surface area contributed by atoms with Gasteiger partial charge in [-0.15, -0.1) is 0 Å². The van der Waals surface area contributed by atoms with E-state index in [-0.39, 0.29) is 18.5 Å². The van der Waals surface area contributed by atoms with Gasteiger partial charge in [0.25, 0.3) is 0 Å². The summed E-state index contributed by atoms with van der Waals surface area (Å²) in [6.07, 6.45) is 4.95. The fourth-order valence-electron chi connectivity index (χ4n) is 4.09. The summed E-state index contributed by atoms with van der Waals surface area (Å²) in [5.41, 5.74) is 1.96. The van der Waals surface area contributed by atoms with Crippen LogP contribution >= 0.6 is 0 Å². The van der Waals surface area contributed by atoms with Crippen LogP contribution < -0.4 is 9.62 Å². The van der Waals surface area contributed by atoms with Crippen LogP contribution in [0.3, 0.4) is 0 Å². The Balaban J connectivity index is 1.86. The molecular weight excluding hydrogens is 457 g/mol. The Labute approximate surface area is 201 Å². The molecule has 2 aromatic carbocycles. The molecule has 0 aromatic heterocycles. The Kier molecular flexibility index (Phi) is 8.30. The van der Waals surface area contributed by atoms with Gasteiger partial charge in [-0.2, -0.15) is 0 Å². The van der Waals surface area contributed by atoms with Crippen molar-refractivity contribution in [3.8, 4) is 0 Å². The zero-order valence-electron chi connectivity index (χ0n) is 19.8. The number of carbonyl (C=O) groups is 2. The van der Waals surface area contributed by atoms with Gasteiger partial charge in [0.2, 0.25) is 21.8 Å². The SMILES string of the molecule is Cc1ccc(N(CC(=O)N(Cc2ccc(F)cc2)C(C)C(=O)NC2CCCC2)S(C)(=O)=O)cc1. The molecule has 1 unspecified atom stereocenters. The minimum atomic E-state index is -3.77. The third kappa shape index (κ3) is 6.79. The highest BCUT2D eigenvalue weighted by Gasteiger charge is 2.31. The fraction of sp³-hybridized carbons (Fsp3) is 0.440. The number of carbonyl (C=O) groups excluding carboxylic acids is 2.